The maximum absolute atomic E-state index is 14.0. The highest BCUT2D eigenvalue weighted by atomic mass is 35.5. The van der Waals surface area contributed by atoms with Gasteiger partial charge in [-0.3, -0.25) is 9.59 Å². The van der Waals surface area contributed by atoms with Crippen molar-refractivity contribution in [2.24, 2.45) is 23.7 Å². The molecule has 3 aliphatic heterocycles. The Bertz CT molecular complexity index is 1490. The average Bonchev–Trinajstić information content (AvgIpc) is 3.48. The first-order chi connectivity index (χ1) is 26.6. The Hall–Kier alpha value is -3.16. The van der Waals surface area contributed by atoms with E-state index in [9.17, 15) is 14.4 Å². The molecular formula is C43H68ClN3O9. The minimum absolute atomic E-state index is 0.0460. The molecule has 0 bridgehead atoms. The second-order valence-corrected chi connectivity index (χ2v) is 16.0. The van der Waals surface area contributed by atoms with E-state index in [1.807, 2.05) is 85.1 Å². The fourth-order valence-corrected chi connectivity index (χ4v) is 8.04. The number of alkyl carbamates (subject to hydrolysis) is 1. The van der Waals surface area contributed by atoms with Gasteiger partial charge in [-0.2, -0.15) is 0 Å². The van der Waals surface area contributed by atoms with Gasteiger partial charge in [0.25, 0.3) is 0 Å². The molecule has 13 heteroatoms. The third-order valence-electron chi connectivity index (χ3n) is 11.1. The van der Waals surface area contributed by atoms with Crippen molar-refractivity contribution in [2.75, 3.05) is 34.4 Å². The van der Waals surface area contributed by atoms with Crippen LogP contribution in [0.5, 0.6) is 0 Å². The minimum Gasteiger partial charge on any atom is -0.475 e. The summed E-state index contributed by atoms with van der Waals surface area (Å²) in [6, 6.07) is 7.31. The lowest BCUT2D eigenvalue weighted by atomic mass is 9.76. The lowest BCUT2D eigenvalue weighted by Gasteiger charge is -2.41. The lowest BCUT2D eigenvalue weighted by Crippen LogP contribution is -2.52. The Morgan fingerprint density at radius 1 is 1.04 bits per heavy atom. The molecule has 7 unspecified atom stereocenters. The van der Waals surface area contributed by atoms with Crippen molar-refractivity contribution in [2.45, 2.75) is 137 Å². The van der Waals surface area contributed by atoms with Crippen molar-refractivity contribution in [1.29, 1.82) is 0 Å². The van der Waals surface area contributed by atoms with E-state index < -0.39 is 54.0 Å². The maximum atomic E-state index is 14.0. The molecule has 2 N–H and O–H groups in total. The third-order valence-corrected chi connectivity index (χ3v) is 11.4. The van der Waals surface area contributed by atoms with Gasteiger partial charge in [-0.1, -0.05) is 70.8 Å². The second kappa shape index (κ2) is 22.1. The topological polar surface area (TPSA) is 134 Å². The number of carbonyl (C=O) groups excluding carboxylic acids is 3. The van der Waals surface area contributed by atoms with Crippen LogP contribution in [0, 0.1) is 23.7 Å². The van der Waals surface area contributed by atoms with E-state index in [4.69, 9.17) is 40.0 Å². The number of nitrogens with one attached hydrogen (secondary N) is 2. The van der Waals surface area contributed by atoms with Crippen molar-refractivity contribution in [3.63, 3.8) is 0 Å². The second-order valence-electron chi connectivity index (χ2n) is 15.6. The van der Waals surface area contributed by atoms with Crippen molar-refractivity contribution >= 4 is 29.4 Å². The molecule has 56 heavy (non-hydrogen) atoms. The smallest absolute Gasteiger partial charge is 0.408 e. The minimum atomic E-state index is -1.19. The summed E-state index contributed by atoms with van der Waals surface area (Å²) in [6.45, 7) is 17.8. The number of hydrogen-bond donors (Lipinski definition) is 2. The molecule has 0 saturated carbocycles. The first-order valence-electron chi connectivity index (χ1n) is 20.3. The summed E-state index contributed by atoms with van der Waals surface area (Å²) >= 11 is 6.08. The molecule has 0 spiro atoms. The highest BCUT2D eigenvalue weighted by Gasteiger charge is 2.51. The number of ether oxygens (including phenoxy) is 6. The number of amides is 1. The molecular weight excluding hydrogens is 738 g/mol. The van der Waals surface area contributed by atoms with Crippen LogP contribution >= 0.6 is 11.6 Å². The van der Waals surface area contributed by atoms with Crippen molar-refractivity contribution in [3.8, 4) is 0 Å². The van der Waals surface area contributed by atoms with Crippen LogP contribution in [-0.2, 0) is 44.6 Å². The summed E-state index contributed by atoms with van der Waals surface area (Å²) in [6.07, 6.45) is 4.24. The van der Waals surface area contributed by atoms with Crippen LogP contribution in [-0.4, -0.2) is 99.5 Å². The Morgan fingerprint density at radius 2 is 1.71 bits per heavy atom. The molecule has 11 atom stereocenters. The number of allylic oxidation sites excluding steroid dienone is 1. The van der Waals surface area contributed by atoms with Crippen LogP contribution in [0.4, 0.5) is 4.79 Å². The predicted octanol–water partition coefficient (Wildman–Crippen LogP) is 7.43. The first kappa shape index (κ1) is 47.2. The summed E-state index contributed by atoms with van der Waals surface area (Å²) in [4.78, 5) is 42.4. The number of Topliss-reactive ketones (excluding diaryl/α,β-unsaturated/α-hetero) is 1. The zero-order chi connectivity index (χ0) is 41.7. The monoisotopic (exact) mass is 805 g/mol. The van der Waals surface area contributed by atoms with Crippen LogP contribution < -0.4 is 10.6 Å². The number of rotatable bonds is 11. The van der Waals surface area contributed by atoms with Gasteiger partial charge < -0.3 is 44.0 Å². The average molecular weight is 806 g/mol. The van der Waals surface area contributed by atoms with Gasteiger partial charge in [-0.05, 0) is 89.9 Å². The fourth-order valence-electron chi connectivity index (χ4n) is 7.92. The van der Waals surface area contributed by atoms with Gasteiger partial charge in [0.15, 0.2) is 23.6 Å². The SMILES string of the molecule is CC.CCC=C(NCc1ccc(Cl)cc1)OC/C=C1/C(C)C2NC(=O)O[C@]2(C)COC(=O)C(C)C(=O)[C@H](C)[C@@H](OC2CC(N(C)C)CC(C)O2)C(OC)C[C@H]1C. The Labute approximate surface area is 340 Å². The van der Waals surface area contributed by atoms with E-state index in [0.717, 1.165) is 24.0 Å². The number of ketones is 1. The van der Waals surface area contributed by atoms with Crippen LogP contribution in [0.3, 0.4) is 0 Å². The Kier molecular flexibility index (Phi) is 18.6. The zero-order valence-corrected chi connectivity index (χ0v) is 36.4. The molecule has 0 aromatic heterocycles. The highest BCUT2D eigenvalue weighted by molar-refractivity contribution is 6.30. The molecule has 0 radical (unpaired) electrons. The molecule has 3 heterocycles. The summed E-state index contributed by atoms with van der Waals surface area (Å²) in [5.74, 6) is -2.61. The molecule has 3 saturated heterocycles. The van der Waals surface area contributed by atoms with Gasteiger partial charge in [0.1, 0.15) is 19.1 Å². The molecule has 3 fully saturated rings. The van der Waals surface area contributed by atoms with Gasteiger partial charge in [0.05, 0.1) is 24.4 Å². The van der Waals surface area contributed by atoms with Gasteiger partial charge in [-0.25, -0.2) is 4.79 Å². The Balaban J connectivity index is 0.00000414. The van der Waals surface area contributed by atoms with E-state index in [-0.39, 0.29) is 43.0 Å². The number of nitrogens with zero attached hydrogens (tertiary/aromatic N) is 1. The summed E-state index contributed by atoms with van der Waals surface area (Å²) < 4.78 is 37.0. The van der Waals surface area contributed by atoms with Crippen molar-refractivity contribution in [1.82, 2.24) is 15.5 Å². The largest absolute Gasteiger partial charge is 0.475 e. The number of methoxy groups -OCH3 is 1. The Morgan fingerprint density at radius 3 is 2.34 bits per heavy atom. The molecule has 4 rings (SSSR count). The molecule has 1 amide bonds. The predicted molar refractivity (Wildman–Crippen MR) is 218 cm³/mol. The van der Waals surface area contributed by atoms with E-state index in [0.29, 0.717) is 30.3 Å². The number of carbonyl (C=O) groups is 3. The van der Waals surface area contributed by atoms with E-state index in [2.05, 4.69) is 22.5 Å². The highest BCUT2D eigenvalue weighted by Crippen LogP contribution is 2.38. The van der Waals surface area contributed by atoms with Crippen LogP contribution in [0.1, 0.15) is 93.6 Å². The fraction of sp³-hybridized carbons (Fsp3) is 0.698. The number of hydrogen-bond acceptors (Lipinski definition) is 11. The van der Waals surface area contributed by atoms with Crippen molar-refractivity contribution < 1.29 is 42.8 Å². The standard InChI is InChI=1S/C41H62ClN3O9.C2H6/c1-11-12-34(43-22-29-13-15-30(42)16-14-29)50-18-17-32-24(2)19-33(49-10)37(53-35-21-31(45(8)9)20-25(3)52-35)27(5)36(46)28(6)39(47)51-23-41(7)38(26(32)4)44-40(48)54-41;1-2/h12-17,24-28,31,33,35,37-38,43H,11,18-23H2,1-10H3,(H,44,48);1-2H3/b32-17+,34-12?;/t24-,25?,26?,27+,28?,31?,33?,35?,37-,38?,41-;/m1./s1. The van der Waals surface area contributed by atoms with Crippen LogP contribution in [0.15, 0.2) is 47.9 Å². The third kappa shape index (κ3) is 12.7. The maximum Gasteiger partial charge on any atom is 0.408 e. The number of fused-ring (bicyclic) bond motifs is 1. The molecule has 0 aliphatic carbocycles. The van der Waals surface area contributed by atoms with E-state index in [1.54, 1.807) is 27.9 Å². The quantitative estimate of drug-likeness (QED) is 0.100. The van der Waals surface area contributed by atoms with Gasteiger partial charge in [0.2, 0.25) is 0 Å². The molecule has 3 aliphatic rings. The van der Waals surface area contributed by atoms with Crippen molar-refractivity contribution in [3.05, 3.63) is 58.5 Å². The molecule has 12 nitrogen and oxygen atoms in total. The molecule has 1 aromatic rings. The number of benzene rings is 1. The normalized spacial score (nSPS) is 34.0. The summed E-state index contributed by atoms with van der Waals surface area (Å²) in [5, 5.41) is 7.03. The summed E-state index contributed by atoms with van der Waals surface area (Å²) in [5.41, 5.74) is 0.850. The van der Waals surface area contributed by atoms with Crippen LogP contribution in [0.25, 0.3) is 0 Å². The zero-order valence-electron chi connectivity index (χ0n) is 35.7. The molecule has 1 aromatic carbocycles. The van der Waals surface area contributed by atoms with Gasteiger partial charge >= 0.3 is 12.1 Å². The van der Waals surface area contributed by atoms with Gasteiger partial charge in [0, 0.05) is 43.0 Å². The van der Waals surface area contributed by atoms with E-state index in [1.165, 1.54) is 0 Å². The molecule has 316 valence electrons. The number of cyclic esters (lactones) is 1. The number of esters is 1. The van der Waals surface area contributed by atoms with Gasteiger partial charge in [-0.15, -0.1) is 0 Å². The van der Waals surface area contributed by atoms with E-state index >= 15 is 0 Å². The number of halogens is 1. The summed E-state index contributed by atoms with van der Waals surface area (Å²) in [7, 11) is 5.70. The first-order valence-corrected chi connectivity index (χ1v) is 20.7. The lowest BCUT2D eigenvalue weighted by molar-refractivity contribution is -0.245. The van der Waals surface area contributed by atoms with Crippen LogP contribution in [0.2, 0.25) is 5.02 Å².